The maximum atomic E-state index is 12.4. The highest BCUT2D eigenvalue weighted by Crippen LogP contribution is 2.29. The molecule has 0 unspecified atom stereocenters. The molecular weight excluding hydrogens is 270 g/mol. The standard InChI is InChI=1S/C16H17NO4/c1-10-7-8-11(9-12(10)18)17-16(19)15-13(20-2)5-4-6-14(15)21-3/h4-9,18H,1-3H3,(H,17,19). The molecule has 5 nitrogen and oxygen atoms in total. The summed E-state index contributed by atoms with van der Waals surface area (Å²) in [5, 5.41) is 12.4. The lowest BCUT2D eigenvalue weighted by Gasteiger charge is -2.13. The number of benzene rings is 2. The fraction of sp³-hybridized carbons (Fsp3) is 0.188. The summed E-state index contributed by atoms with van der Waals surface area (Å²) in [5.74, 6) is 0.596. The Balaban J connectivity index is 2.34. The Labute approximate surface area is 123 Å². The van der Waals surface area contributed by atoms with Crippen LogP contribution in [-0.4, -0.2) is 25.2 Å². The number of aromatic hydroxyl groups is 1. The second kappa shape index (κ2) is 6.17. The van der Waals surface area contributed by atoms with Crippen molar-refractivity contribution in [1.82, 2.24) is 0 Å². The van der Waals surface area contributed by atoms with Crippen molar-refractivity contribution < 1.29 is 19.4 Å². The third-order valence-corrected chi connectivity index (χ3v) is 3.12. The van der Waals surface area contributed by atoms with Gasteiger partial charge in [0.2, 0.25) is 0 Å². The molecule has 0 heterocycles. The molecule has 2 aromatic rings. The number of ether oxygens (including phenoxy) is 2. The molecule has 0 aliphatic heterocycles. The lowest BCUT2D eigenvalue weighted by molar-refractivity contribution is 0.102. The van der Waals surface area contributed by atoms with E-state index in [4.69, 9.17) is 9.47 Å². The van der Waals surface area contributed by atoms with Gasteiger partial charge in [0.05, 0.1) is 14.2 Å². The SMILES string of the molecule is COc1cccc(OC)c1C(=O)Nc1ccc(C)c(O)c1. The molecule has 2 rings (SSSR count). The first-order valence-electron chi connectivity index (χ1n) is 6.38. The predicted octanol–water partition coefficient (Wildman–Crippen LogP) is 2.97. The Morgan fingerprint density at radius 1 is 1.10 bits per heavy atom. The zero-order valence-electron chi connectivity index (χ0n) is 12.1. The minimum atomic E-state index is -0.368. The topological polar surface area (TPSA) is 67.8 Å². The number of rotatable bonds is 4. The van der Waals surface area contributed by atoms with Crippen molar-refractivity contribution in [3.8, 4) is 17.2 Å². The number of nitrogens with one attached hydrogen (secondary N) is 1. The van der Waals surface area contributed by atoms with E-state index in [1.54, 1.807) is 37.3 Å². The Morgan fingerprint density at radius 3 is 2.24 bits per heavy atom. The molecule has 110 valence electrons. The van der Waals surface area contributed by atoms with Crippen LogP contribution in [0.2, 0.25) is 0 Å². The normalized spacial score (nSPS) is 10.0. The molecular formula is C16H17NO4. The highest BCUT2D eigenvalue weighted by Gasteiger charge is 2.18. The van der Waals surface area contributed by atoms with E-state index in [1.165, 1.54) is 20.3 Å². The van der Waals surface area contributed by atoms with Gasteiger partial charge >= 0.3 is 0 Å². The molecule has 0 saturated heterocycles. The van der Waals surface area contributed by atoms with Crippen LogP contribution in [0, 0.1) is 6.92 Å². The average Bonchev–Trinajstić information content (AvgIpc) is 2.49. The van der Waals surface area contributed by atoms with Gasteiger partial charge in [-0.2, -0.15) is 0 Å². The van der Waals surface area contributed by atoms with Gasteiger partial charge < -0.3 is 19.9 Å². The van der Waals surface area contributed by atoms with Crippen molar-refractivity contribution in [2.24, 2.45) is 0 Å². The van der Waals surface area contributed by atoms with E-state index in [9.17, 15) is 9.90 Å². The molecule has 1 amide bonds. The molecule has 0 radical (unpaired) electrons. The Kier molecular flexibility index (Phi) is 4.33. The number of phenolic OH excluding ortho intramolecular Hbond substituents is 1. The number of phenols is 1. The first-order valence-corrected chi connectivity index (χ1v) is 6.38. The molecule has 0 bridgehead atoms. The van der Waals surface area contributed by atoms with Crippen LogP contribution in [0.25, 0.3) is 0 Å². The Morgan fingerprint density at radius 2 is 1.71 bits per heavy atom. The van der Waals surface area contributed by atoms with Gasteiger partial charge in [-0.05, 0) is 30.7 Å². The minimum Gasteiger partial charge on any atom is -0.508 e. The van der Waals surface area contributed by atoms with Crippen molar-refractivity contribution in [2.45, 2.75) is 6.92 Å². The molecule has 0 saturated carbocycles. The molecule has 0 aliphatic rings. The largest absolute Gasteiger partial charge is 0.508 e. The van der Waals surface area contributed by atoms with Crippen molar-refractivity contribution in [3.63, 3.8) is 0 Å². The maximum absolute atomic E-state index is 12.4. The summed E-state index contributed by atoms with van der Waals surface area (Å²) in [6.45, 7) is 1.78. The van der Waals surface area contributed by atoms with Gasteiger partial charge in [-0.1, -0.05) is 12.1 Å². The molecule has 0 aliphatic carbocycles. The summed E-state index contributed by atoms with van der Waals surface area (Å²) in [7, 11) is 2.98. The monoisotopic (exact) mass is 287 g/mol. The summed E-state index contributed by atoms with van der Waals surface area (Å²) < 4.78 is 10.4. The number of carbonyl (C=O) groups is 1. The van der Waals surface area contributed by atoms with Crippen LogP contribution < -0.4 is 14.8 Å². The van der Waals surface area contributed by atoms with E-state index in [1.807, 2.05) is 0 Å². The number of anilines is 1. The van der Waals surface area contributed by atoms with E-state index in [2.05, 4.69) is 5.32 Å². The number of methoxy groups -OCH3 is 2. The molecule has 0 atom stereocenters. The van der Waals surface area contributed by atoms with E-state index in [0.717, 1.165) is 5.56 Å². The van der Waals surface area contributed by atoms with Crippen molar-refractivity contribution in [1.29, 1.82) is 0 Å². The molecule has 0 aromatic heterocycles. The Hall–Kier alpha value is -2.69. The minimum absolute atomic E-state index is 0.125. The van der Waals surface area contributed by atoms with Gasteiger partial charge in [0.25, 0.3) is 5.91 Å². The zero-order valence-corrected chi connectivity index (χ0v) is 12.1. The zero-order chi connectivity index (χ0) is 15.4. The number of hydrogen-bond donors (Lipinski definition) is 2. The van der Waals surface area contributed by atoms with E-state index in [0.29, 0.717) is 22.7 Å². The van der Waals surface area contributed by atoms with E-state index in [-0.39, 0.29) is 11.7 Å². The summed E-state index contributed by atoms with van der Waals surface area (Å²) in [6.07, 6.45) is 0. The number of aryl methyl sites for hydroxylation is 1. The van der Waals surface area contributed by atoms with E-state index >= 15 is 0 Å². The van der Waals surface area contributed by atoms with Gasteiger partial charge in [0.1, 0.15) is 22.8 Å². The quantitative estimate of drug-likeness (QED) is 0.907. The van der Waals surface area contributed by atoms with Gasteiger partial charge in [-0.25, -0.2) is 0 Å². The second-order valence-corrected chi connectivity index (χ2v) is 4.49. The third-order valence-electron chi connectivity index (χ3n) is 3.12. The smallest absolute Gasteiger partial charge is 0.263 e. The van der Waals surface area contributed by atoms with Crippen LogP contribution in [0.3, 0.4) is 0 Å². The van der Waals surface area contributed by atoms with Crippen LogP contribution >= 0.6 is 0 Å². The van der Waals surface area contributed by atoms with Gasteiger partial charge in [-0.15, -0.1) is 0 Å². The second-order valence-electron chi connectivity index (χ2n) is 4.49. The summed E-state index contributed by atoms with van der Waals surface area (Å²) in [6, 6.07) is 10.1. The first kappa shape index (κ1) is 14.7. The van der Waals surface area contributed by atoms with Crippen LogP contribution in [0.5, 0.6) is 17.2 Å². The lowest BCUT2D eigenvalue weighted by Crippen LogP contribution is -2.14. The van der Waals surface area contributed by atoms with Crippen molar-refractivity contribution in [2.75, 3.05) is 19.5 Å². The van der Waals surface area contributed by atoms with Gasteiger partial charge in [0, 0.05) is 11.8 Å². The maximum Gasteiger partial charge on any atom is 0.263 e. The summed E-state index contributed by atoms with van der Waals surface area (Å²) in [5.41, 5.74) is 1.54. The average molecular weight is 287 g/mol. The molecule has 0 fully saturated rings. The van der Waals surface area contributed by atoms with Crippen molar-refractivity contribution in [3.05, 3.63) is 47.5 Å². The molecule has 2 aromatic carbocycles. The highest BCUT2D eigenvalue weighted by atomic mass is 16.5. The molecule has 21 heavy (non-hydrogen) atoms. The predicted molar refractivity (Wildman–Crippen MR) is 80.3 cm³/mol. The van der Waals surface area contributed by atoms with E-state index < -0.39 is 0 Å². The molecule has 2 N–H and O–H groups in total. The van der Waals surface area contributed by atoms with Crippen LogP contribution in [0.4, 0.5) is 5.69 Å². The fourth-order valence-electron chi connectivity index (χ4n) is 1.96. The number of hydrogen-bond acceptors (Lipinski definition) is 4. The fourth-order valence-corrected chi connectivity index (χ4v) is 1.96. The van der Waals surface area contributed by atoms with Gasteiger partial charge in [0.15, 0.2) is 0 Å². The number of amides is 1. The first-order chi connectivity index (χ1) is 10.1. The number of carbonyl (C=O) groups excluding carboxylic acids is 1. The van der Waals surface area contributed by atoms with Crippen LogP contribution in [-0.2, 0) is 0 Å². The van der Waals surface area contributed by atoms with Crippen LogP contribution in [0.15, 0.2) is 36.4 Å². The van der Waals surface area contributed by atoms with Crippen LogP contribution in [0.1, 0.15) is 15.9 Å². The molecule has 0 spiro atoms. The third kappa shape index (κ3) is 3.08. The molecule has 5 heteroatoms. The highest BCUT2D eigenvalue weighted by molar-refractivity contribution is 6.08. The summed E-state index contributed by atoms with van der Waals surface area (Å²) in [4.78, 5) is 12.4. The van der Waals surface area contributed by atoms with Gasteiger partial charge in [-0.3, -0.25) is 4.79 Å². The lowest BCUT2D eigenvalue weighted by atomic mass is 10.1. The summed E-state index contributed by atoms with van der Waals surface area (Å²) >= 11 is 0. The Bertz CT molecular complexity index is 645. The van der Waals surface area contributed by atoms with Crippen molar-refractivity contribution >= 4 is 11.6 Å².